The zero-order valence-corrected chi connectivity index (χ0v) is 13.8. The van der Waals surface area contributed by atoms with Crippen LogP contribution in [-0.4, -0.2) is 32.4 Å². The SMILES string of the molecule is CC(C)(CNS(=O)(=O)CCSc1ccc(N)cc1)C(N)=O. The van der Waals surface area contributed by atoms with Gasteiger partial charge in [-0.1, -0.05) is 0 Å². The molecule has 0 spiro atoms. The van der Waals surface area contributed by atoms with Crippen LogP contribution >= 0.6 is 11.8 Å². The second-order valence-corrected chi connectivity index (χ2v) is 8.40. The highest BCUT2D eigenvalue weighted by molar-refractivity contribution is 8.00. The summed E-state index contributed by atoms with van der Waals surface area (Å²) in [6.07, 6.45) is 0. The Bertz CT molecular complexity index is 583. The van der Waals surface area contributed by atoms with Crippen LogP contribution in [0, 0.1) is 5.41 Å². The number of sulfonamides is 1. The number of hydrogen-bond donors (Lipinski definition) is 3. The second kappa shape index (κ2) is 7.15. The number of amides is 1. The number of nitrogens with two attached hydrogens (primary N) is 2. The molecule has 8 heteroatoms. The average Bonchev–Trinajstić information content (AvgIpc) is 2.39. The number of nitrogen functional groups attached to an aromatic ring is 1. The number of primary amides is 1. The van der Waals surface area contributed by atoms with Crippen molar-refractivity contribution in [3.63, 3.8) is 0 Å². The van der Waals surface area contributed by atoms with Gasteiger partial charge in [0.15, 0.2) is 0 Å². The summed E-state index contributed by atoms with van der Waals surface area (Å²) in [5, 5.41) is 0. The van der Waals surface area contributed by atoms with Gasteiger partial charge in [-0.15, -0.1) is 11.8 Å². The van der Waals surface area contributed by atoms with Crippen molar-refractivity contribution >= 4 is 33.4 Å². The van der Waals surface area contributed by atoms with Crippen molar-refractivity contribution in [2.75, 3.05) is 23.8 Å². The first kappa shape index (κ1) is 17.8. The van der Waals surface area contributed by atoms with Crippen molar-refractivity contribution in [3.8, 4) is 0 Å². The topological polar surface area (TPSA) is 115 Å². The van der Waals surface area contributed by atoms with E-state index in [1.54, 1.807) is 26.0 Å². The molecule has 1 aromatic carbocycles. The van der Waals surface area contributed by atoms with Gasteiger partial charge in [0.05, 0.1) is 11.2 Å². The average molecular weight is 331 g/mol. The predicted molar refractivity (Wildman–Crippen MR) is 86.3 cm³/mol. The highest BCUT2D eigenvalue weighted by atomic mass is 32.2. The van der Waals surface area contributed by atoms with E-state index in [0.717, 1.165) is 4.90 Å². The van der Waals surface area contributed by atoms with E-state index < -0.39 is 21.3 Å². The molecule has 118 valence electrons. The highest BCUT2D eigenvalue weighted by Crippen LogP contribution is 2.19. The van der Waals surface area contributed by atoms with E-state index in [0.29, 0.717) is 11.4 Å². The van der Waals surface area contributed by atoms with Crippen LogP contribution in [0.25, 0.3) is 0 Å². The van der Waals surface area contributed by atoms with E-state index in [1.165, 1.54) is 11.8 Å². The lowest BCUT2D eigenvalue weighted by Crippen LogP contribution is -2.43. The van der Waals surface area contributed by atoms with Gasteiger partial charge in [-0.05, 0) is 38.1 Å². The van der Waals surface area contributed by atoms with Gasteiger partial charge in [0.2, 0.25) is 15.9 Å². The Morgan fingerprint density at radius 1 is 1.29 bits per heavy atom. The highest BCUT2D eigenvalue weighted by Gasteiger charge is 2.26. The molecule has 0 saturated heterocycles. The van der Waals surface area contributed by atoms with Crippen LogP contribution in [0.15, 0.2) is 29.2 Å². The fourth-order valence-corrected chi connectivity index (χ4v) is 3.78. The third-order valence-corrected chi connectivity index (χ3v) is 5.50. The molecular formula is C13H21N3O3S2. The third-order valence-electron chi connectivity index (χ3n) is 2.90. The molecule has 0 aliphatic rings. The van der Waals surface area contributed by atoms with E-state index in [-0.39, 0.29) is 12.3 Å². The minimum absolute atomic E-state index is 0.00277. The summed E-state index contributed by atoms with van der Waals surface area (Å²) in [6, 6.07) is 7.22. The van der Waals surface area contributed by atoms with E-state index >= 15 is 0 Å². The number of carbonyl (C=O) groups is 1. The lowest BCUT2D eigenvalue weighted by Gasteiger charge is -2.20. The summed E-state index contributed by atoms with van der Waals surface area (Å²) in [7, 11) is -3.43. The van der Waals surface area contributed by atoms with Gasteiger partial charge in [-0.25, -0.2) is 13.1 Å². The Hall–Kier alpha value is -1.25. The van der Waals surface area contributed by atoms with Gasteiger partial charge in [0.1, 0.15) is 0 Å². The molecule has 0 aliphatic carbocycles. The molecule has 1 aromatic rings. The minimum atomic E-state index is -3.43. The third kappa shape index (κ3) is 6.36. The van der Waals surface area contributed by atoms with Crippen LogP contribution in [0.3, 0.4) is 0 Å². The number of hydrogen-bond acceptors (Lipinski definition) is 5. The Morgan fingerprint density at radius 3 is 2.38 bits per heavy atom. The summed E-state index contributed by atoms with van der Waals surface area (Å²) in [5.41, 5.74) is 10.5. The Kier molecular flexibility index (Phi) is 6.06. The lowest BCUT2D eigenvalue weighted by atomic mass is 9.93. The normalized spacial score (nSPS) is 12.3. The van der Waals surface area contributed by atoms with Gasteiger partial charge in [-0.2, -0.15) is 0 Å². The van der Waals surface area contributed by atoms with Gasteiger partial charge >= 0.3 is 0 Å². The van der Waals surface area contributed by atoms with Gasteiger partial charge < -0.3 is 11.5 Å². The first-order chi connectivity index (χ1) is 9.62. The molecule has 1 amide bonds. The van der Waals surface area contributed by atoms with Crippen molar-refractivity contribution in [3.05, 3.63) is 24.3 Å². The largest absolute Gasteiger partial charge is 0.399 e. The molecule has 0 heterocycles. The zero-order chi connectivity index (χ0) is 16.1. The van der Waals surface area contributed by atoms with Crippen molar-refractivity contribution < 1.29 is 13.2 Å². The summed E-state index contributed by atoms with van der Waals surface area (Å²) in [6.45, 7) is 3.19. The summed E-state index contributed by atoms with van der Waals surface area (Å²) in [4.78, 5) is 12.1. The van der Waals surface area contributed by atoms with Crippen LogP contribution in [0.1, 0.15) is 13.8 Å². The molecule has 0 aliphatic heterocycles. The standard InChI is InChI=1S/C13H21N3O3S2/c1-13(2,12(15)17)9-16-21(18,19)8-7-20-11-5-3-10(14)4-6-11/h3-6,16H,7-9,14H2,1-2H3,(H2,15,17). The summed E-state index contributed by atoms with van der Waals surface area (Å²) >= 11 is 1.43. The molecule has 0 unspecified atom stereocenters. The minimum Gasteiger partial charge on any atom is -0.399 e. The monoisotopic (exact) mass is 331 g/mol. The van der Waals surface area contributed by atoms with Crippen molar-refractivity contribution in [1.29, 1.82) is 0 Å². The van der Waals surface area contributed by atoms with Gasteiger partial charge in [0, 0.05) is 22.9 Å². The molecule has 5 N–H and O–H groups in total. The maximum Gasteiger partial charge on any atom is 0.224 e. The number of anilines is 1. The molecule has 6 nitrogen and oxygen atoms in total. The number of thioether (sulfide) groups is 1. The van der Waals surface area contributed by atoms with Crippen LogP contribution < -0.4 is 16.2 Å². The van der Waals surface area contributed by atoms with E-state index in [4.69, 9.17) is 11.5 Å². The van der Waals surface area contributed by atoms with Crippen molar-refractivity contribution in [1.82, 2.24) is 4.72 Å². The number of nitrogens with one attached hydrogen (secondary N) is 1. The van der Waals surface area contributed by atoms with E-state index in [9.17, 15) is 13.2 Å². The number of carbonyl (C=O) groups excluding carboxylic acids is 1. The van der Waals surface area contributed by atoms with Gasteiger partial charge in [0.25, 0.3) is 0 Å². The van der Waals surface area contributed by atoms with E-state index in [1.807, 2.05) is 12.1 Å². The van der Waals surface area contributed by atoms with E-state index in [2.05, 4.69) is 4.72 Å². The fraction of sp³-hybridized carbons (Fsp3) is 0.462. The number of rotatable bonds is 8. The molecule has 0 fully saturated rings. The van der Waals surface area contributed by atoms with Crippen LogP contribution in [0.5, 0.6) is 0 Å². The summed E-state index contributed by atoms with van der Waals surface area (Å²) in [5.74, 6) is -0.158. The van der Waals surface area contributed by atoms with Gasteiger partial charge in [-0.3, -0.25) is 4.79 Å². The van der Waals surface area contributed by atoms with Crippen molar-refractivity contribution in [2.24, 2.45) is 11.1 Å². The maximum absolute atomic E-state index is 11.8. The Balaban J connectivity index is 2.43. The maximum atomic E-state index is 11.8. The fourth-order valence-electron chi connectivity index (χ4n) is 1.28. The molecule has 0 radical (unpaired) electrons. The molecule has 1 rings (SSSR count). The number of benzene rings is 1. The van der Waals surface area contributed by atoms with Crippen LogP contribution in [0.2, 0.25) is 0 Å². The second-order valence-electron chi connectivity index (χ2n) is 5.31. The Morgan fingerprint density at radius 2 is 1.86 bits per heavy atom. The quantitative estimate of drug-likeness (QED) is 0.481. The first-order valence-electron chi connectivity index (χ1n) is 6.38. The molecular weight excluding hydrogens is 310 g/mol. The molecule has 0 saturated carbocycles. The van der Waals surface area contributed by atoms with Crippen LogP contribution in [0.4, 0.5) is 5.69 Å². The zero-order valence-electron chi connectivity index (χ0n) is 12.1. The molecule has 21 heavy (non-hydrogen) atoms. The lowest BCUT2D eigenvalue weighted by molar-refractivity contribution is -0.125. The molecule has 0 bridgehead atoms. The Labute approximate surface area is 129 Å². The predicted octanol–water partition coefficient (Wildman–Crippen LogP) is 0.792. The smallest absolute Gasteiger partial charge is 0.224 e. The summed E-state index contributed by atoms with van der Waals surface area (Å²) < 4.78 is 26.1. The molecule has 0 aromatic heterocycles. The van der Waals surface area contributed by atoms with Crippen LogP contribution in [-0.2, 0) is 14.8 Å². The first-order valence-corrected chi connectivity index (χ1v) is 9.02. The van der Waals surface area contributed by atoms with Crippen molar-refractivity contribution in [2.45, 2.75) is 18.7 Å². The molecule has 0 atom stereocenters.